The highest BCUT2D eigenvalue weighted by Gasteiger charge is 2.22. The Balaban J connectivity index is 2.80. The van der Waals surface area contributed by atoms with Crippen LogP contribution in [0, 0.1) is 5.82 Å². The molecule has 20 heavy (non-hydrogen) atoms. The van der Waals surface area contributed by atoms with Crippen molar-refractivity contribution in [2.45, 2.75) is 39.5 Å². The van der Waals surface area contributed by atoms with Gasteiger partial charge < -0.3 is 14.8 Å². The van der Waals surface area contributed by atoms with Crippen molar-refractivity contribution in [1.82, 2.24) is 5.32 Å². The smallest absolute Gasteiger partial charge is 0.172 e. The summed E-state index contributed by atoms with van der Waals surface area (Å²) in [6, 6.07) is 4.77. The Hall–Kier alpha value is -0.680. The third-order valence-corrected chi connectivity index (χ3v) is 3.19. The van der Waals surface area contributed by atoms with E-state index in [0.29, 0.717) is 19.6 Å². The Labute approximate surface area is 125 Å². The summed E-state index contributed by atoms with van der Waals surface area (Å²) in [6.07, 6.45) is 0.340. The van der Waals surface area contributed by atoms with E-state index < -0.39 is 5.82 Å². The van der Waals surface area contributed by atoms with Crippen LogP contribution in [0.3, 0.4) is 0 Å². The van der Waals surface area contributed by atoms with Gasteiger partial charge in [0.25, 0.3) is 0 Å². The lowest BCUT2D eigenvalue weighted by Gasteiger charge is -2.27. The number of benzene rings is 1. The molecule has 1 atom stereocenters. The quantitative estimate of drug-likeness (QED) is 0.709. The first-order valence-electron chi connectivity index (χ1n) is 7.02. The molecule has 1 aromatic carbocycles. The summed E-state index contributed by atoms with van der Waals surface area (Å²) >= 11 is 5.82. The van der Waals surface area contributed by atoms with Crippen LogP contribution in [0.1, 0.15) is 26.3 Å². The summed E-state index contributed by atoms with van der Waals surface area (Å²) in [5.74, 6) is -0.401. The fourth-order valence-electron chi connectivity index (χ4n) is 2.06. The molecule has 0 radical (unpaired) electrons. The predicted molar refractivity (Wildman–Crippen MR) is 79.6 cm³/mol. The van der Waals surface area contributed by atoms with Crippen LogP contribution in [0.5, 0.6) is 0 Å². The topological polar surface area (TPSA) is 30.5 Å². The van der Waals surface area contributed by atoms with Gasteiger partial charge in [-0.25, -0.2) is 4.39 Å². The van der Waals surface area contributed by atoms with Crippen LogP contribution >= 0.6 is 11.6 Å². The van der Waals surface area contributed by atoms with Gasteiger partial charge in [-0.15, -0.1) is 0 Å². The van der Waals surface area contributed by atoms with Gasteiger partial charge in [-0.2, -0.15) is 0 Å². The SMILES string of the molecule is CCNC(Cc1ccc(F)c(Cl)c1)C(OCC)OCC. The standard InChI is InChI=1S/C15H23ClFNO2/c1-4-18-14(15(19-5-2)20-6-3)10-11-7-8-13(17)12(16)9-11/h7-9,14-15,18H,4-6,10H2,1-3H3. The second kappa shape index (κ2) is 9.29. The van der Waals surface area contributed by atoms with Gasteiger partial charge in [0.2, 0.25) is 0 Å². The number of rotatable bonds is 9. The van der Waals surface area contributed by atoms with Gasteiger partial charge >= 0.3 is 0 Å². The van der Waals surface area contributed by atoms with Crippen LogP contribution in [0.2, 0.25) is 5.02 Å². The van der Waals surface area contributed by atoms with Crippen LogP contribution in [0.25, 0.3) is 0 Å². The van der Waals surface area contributed by atoms with Gasteiger partial charge in [0.05, 0.1) is 11.1 Å². The summed E-state index contributed by atoms with van der Waals surface area (Å²) < 4.78 is 24.5. The molecular weight excluding hydrogens is 281 g/mol. The van der Waals surface area contributed by atoms with Crippen molar-refractivity contribution in [3.63, 3.8) is 0 Å². The molecule has 0 saturated carbocycles. The third kappa shape index (κ3) is 5.37. The lowest BCUT2D eigenvalue weighted by atomic mass is 10.1. The van der Waals surface area contributed by atoms with Crippen molar-refractivity contribution in [3.8, 4) is 0 Å². The van der Waals surface area contributed by atoms with E-state index in [-0.39, 0.29) is 17.4 Å². The first kappa shape index (κ1) is 17.4. The second-order valence-electron chi connectivity index (χ2n) is 4.40. The molecule has 0 aliphatic rings. The zero-order valence-corrected chi connectivity index (χ0v) is 13.0. The number of halogens is 2. The molecule has 0 bridgehead atoms. The summed E-state index contributed by atoms with van der Waals surface area (Å²) in [4.78, 5) is 0. The van der Waals surface area contributed by atoms with Crippen molar-refractivity contribution in [2.75, 3.05) is 19.8 Å². The Morgan fingerprint density at radius 1 is 1.20 bits per heavy atom. The molecule has 0 spiro atoms. The minimum Gasteiger partial charge on any atom is -0.351 e. The predicted octanol–water partition coefficient (Wildman–Crippen LogP) is 3.40. The third-order valence-electron chi connectivity index (χ3n) is 2.90. The number of hydrogen-bond donors (Lipinski definition) is 1. The lowest BCUT2D eigenvalue weighted by molar-refractivity contribution is -0.153. The van der Waals surface area contributed by atoms with Crippen molar-refractivity contribution in [2.24, 2.45) is 0 Å². The molecule has 5 heteroatoms. The summed E-state index contributed by atoms with van der Waals surface area (Å²) in [6.45, 7) is 7.86. The van der Waals surface area contributed by atoms with Gasteiger partial charge in [0.15, 0.2) is 6.29 Å². The molecule has 0 saturated heterocycles. The number of hydrogen-bond acceptors (Lipinski definition) is 3. The lowest BCUT2D eigenvalue weighted by Crippen LogP contribution is -2.44. The first-order chi connectivity index (χ1) is 9.62. The van der Waals surface area contributed by atoms with E-state index in [1.54, 1.807) is 12.1 Å². The van der Waals surface area contributed by atoms with E-state index in [4.69, 9.17) is 21.1 Å². The average Bonchev–Trinajstić information content (AvgIpc) is 2.42. The van der Waals surface area contributed by atoms with Gasteiger partial charge in [-0.1, -0.05) is 24.6 Å². The van der Waals surface area contributed by atoms with E-state index in [1.807, 2.05) is 20.8 Å². The van der Waals surface area contributed by atoms with E-state index in [9.17, 15) is 4.39 Å². The average molecular weight is 304 g/mol. The van der Waals surface area contributed by atoms with Gasteiger partial charge in [-0.3, -0.25) is 0 Å². The van der Waals surface area contributed by atoms with Crippen molar-refractivity contribution in [1.29, 1.82) is 0 Å². The molecular formula is C15H23ClFNO2. The van der Waals surface area contributed by atoms with Crippen LogP contribution in [-0.2, 0) is 15.9 Å². The molecule has 3 nitrogen and oxygen atoms in total. The van der Waals surface area contributed by atoms with Crippen LogP contribution in [-0.4, -0.2) is 32.1 Å². The molecule has 1 aromatic rings. The van der Waals surface area contributed by atoms with E-state index in [0.717, 1.165) is 12.1 Å². The molecule has 0 heterocycles. The molecule has 0 aliphatic carbocycles. The minimum atomic E-state index is -0.401. The Bertz CT molecular complexity index is 397. The van der Waals surface area contributed by atoms with Gasteiger partial charge in [-0.05, 0) is 44.5 Å². The maximum Gasteiger partial charge on any atom is 0.172 e. The van der Waals surface area contributed by atoms with Crippen LogP contribution in [0.15, 0.2) is 18.2 Å². The highest BCUT2D eigenvalue weighted by atomic mass is 35.5. The molecule has 0 amide bonds. The Morgan fingerprint density at radius 2 is 1.85 bits per heavy atom. The number of nitrogens with one attached hydrogen (secondary N) is 1. The fourth-order valence-corrected chi connectivity index (χ4v) is 2.26. The zero-order chi connectivity index (χ0) is 15.0. The number of ether oxygens (including phenoxy) is 2. The minimum absolute atomic E-state index is 0.00132. The highest BCUT2D eigenvalue weighted by molar-refractivity contribution is 6.30. The molecule has 0 aromatic heterocycles. The highest BCUT2D eigenvalue weighted by Crippen LogP contribution is 2.18. The molecule has 114 valence electrons. The maximum absolute atomic E-state index is 13.2. The monoisotopic (exact) mass is 303 g/mol. The fraction of sp³-hybridized carbons (Fsp3) is 0.600. The molecule has 1 rings (SSSR count). The van der Waals surface area contributed by atoms with E-state index >= 15 is 0 Å². The van der Waals surface area contributed by atoms with E-state index in [2.05, 4.69) is 5.32 Å². The molecule has 0 aliphatic heterocycles. The molecule has 0 fully saturated rings. The van der Waals surface area contributed by atoms with Crippen molar-refractivity contribution in [3.05, 3.63) is 34.6 Å². The number of likely N-dealkylation sites (N-methyl/N-ethyl adjacent to an activating group) is 1. The first-order valence-corrected chi connectivity index (χ1v) is 7.40. The van der Waals surface area contributed by atoms with Gasteiger partial charge in [0.1, 0.15) is 5.82 Å². The zero-order valence-electron chi connectivity index (χ0n) is 12.3. The van der Waals surface area contributed by atoms with Crippen molar-refractivity contribution < 1.29 is 13.9 Å². The Morgan fingerprint density at radius 3 is 2.35 bits per heavy atom. The normalized spacial score (nSPS) is 12.9. The van der Waals surface area contributed by atoms with Crippen LogP contribution in [0.4, 0.5) is 4.39 Å². The molecule has 1 N–H and O–H groups in total. The Kier molecular flexibility index (Phi) is 8.07. The summed E-state index contributed by atoms with van der Waals surface area (Å²) in [5, 5.41) is 3.49. The summed E-state index contributed by atoms with van der Waals surface area (Å²) in [7, 11) is 0. The largest absolute Gasteiger partial charge is 0.351 e. The summed E-state index contributed by atoms with van der Waals surface area (Å²) in [5.41, 5.74) is 0.951. The molecule has 1 unspecified atom stereocenters. The van der Waals surface area contributed by atoms with E-state index in [1.165, 1.54) is 6.07 Å². The second-order valence-corrected chi connectivity index (χ2v) is 4.80. The van der Waals surface area contributed by atoms with Crippen molar-refractivity contribution >= 4 is 11.6 Å². The maximum atomic E-state index is 13.2. The van der Waals surface area contributed by atoms with Gasteiger partial charge in [0, 0.05) is 13.2 Å². The van der Waals surface area contributed by atoms with Crippen LogP contribution < -0.4 is 5.32 Å².